The van der Waals surface area contributed by atoms with Gasteiger partial charge in [-0.2, -0.15) is 0 Å². The van der Waals surface area contributed by atoms with Crippen molar-refractivity contribution in [2.24, 2.45) is 0 Å². The van der Waals surface area contributed by atoms with Gasteiger partial charge in [0.25, 0.3) is 5.91 Å². The van der Waals surface area contributed by atoms with Gasteiger partial charge in [-0.1, -0.05) is 6.07 Å². The van der Waals surface area contributed by atoms with Crippen molar-refractivity contribution in [3.05, 3.63) is 59.7 Å². The molecular formula is C17H15F2NO4. The summed E-state index contributed by atoms with van der Waals surface area (Å²) < 4.78 is 36.7. The van der Waals surface area contributed by atoms with Gasteiger partial charge in [0.1, 0.15) is 17.4 Å². The molecule has 126 valence electrons. The van der Waals surface area contributed by atoms with Gasteiger partial charge < -0.3 is 14.8 Å². The lowest BCUT2D eigenvalue weighted by Gasteiger charge is -2.09. The number of hydrogen-bond acceptors (Lipinski definition) is 4. The fourth-order valence-corrected chi connectivity index (χ4v) is 1.88. The molecule has 0 spiro atoms. The van der Waals surface area contributed by atoms with Crippen LogP contribution in [0, 0.1) is 11.6 Å². The molecule has 0 fully saturated rings. The Morgan fingerprint density at radius 2 is 1.92 bits per heavy atom. The van der Waals surface area contributed by atoms with Crippen molar-refractivity contribution in [3.63, 3.8) is 0 Å². The highest BCUT2D eigenvalue weighted by molar-refractivity contribution is 6.04. The van der Waals surface area contributed by atoms with E-state index in [9.17, 15) is 18.4 Å². The van der Waals surface area contributed by atoms with Crippen molar-refractivity contribution in [3.8, 4) is 5.75 Å². The maximum absolute atomic E-state index is 13.6. The summed E-state index contributed by atoms with van der Waals surface area (Å²) in [6.07, 6.45) is 0. The molecular weight excluding hydrogens is 320 g/mol. The number of nitrogens with one attached hydrogen (secondary N) is 1. The molecule has 0 heterocycles. The molecule has 0 aliphatic heterocycles. The highest BCUT2D eigenvalue weighted by Gasteiger charge is 2.13. The van der Waals surface area contributed by atoms with Crippen LogP contribution in [0.1, 0.15) is 17.3 Å². The molecule has 24 heavy (non-hydrogen) atoms. The minimum atomic E-state index is -0.830. The Bertz CT molecular complexity index is 749. The van der Waals surface area contributed by atoms with Crippen LogP contribution in [0.3, 0.4) is 0 Å². The highest BCUT2D eigenvalue weighted by Crippen LogP contribution is 2.19. The highest BCUT2D eigenvalue weighted by atomic mass is 19.1. The quantitative estimate of drug-likeness (QED) is 0.824. The van der Waals surface area contributed by atoms with Crippen LogP contribution in [0.25, 0.3) is 0 Å². The van der Waals surface area contributed by atoms with E-state index in [4.69, 9.17) is 9.47 Å². The Morgan fingerprint density at radius 3 is 2.67 bits per heavy atom. The molecule has 0 unspecified atom stereocenters. The predicted molar refractivity (Wildman–Crippen MR) is 82.9 cm³/mol. The number of halogens is 2. The van der Waals surface area contributed by atoms with Crippen molar-refractivity contribution in [2.75, 3.05) is 18.5 Å². The number of amides is 1. The van der Waals surface area contributed by atoms with Crippen LogP contribution >= 0.6 is 0 Å². The van der Waals surface area contributed by atoms with Gasteiger partial charge in [-0.15, -0.1) is 0 Å². The summed E-state index contributed by atoms with van der Waals surface area (Å²) in [6, 6.07) is 8.78. The maximum atomic E-state index is 13.6. The van der Waals surface area contributed by atoms with Crippen LogP contribution < -0.4 is 10.1 Å². The summed E-state index contributed by atoms with van der Waals surface area (Å²) in [5.74, 6) is -2.54. The van der Waals surface area contributed by atoms with Gasteiger partial charge in [-0.3, -0.25) is 4.79 Å². The number of esters is 1. The zero-order valence-electron chi connectivity index (χ0n) is 12.8. The average molecular weight is 335 g/mol. The molecule has 0 aliphatic rings. The zero-order valence-corrected chi connectivity index (χ0v) is 12.8. The normalized spacial score (nSPS) is 10.1. The minimum Gasteiger partial charge on any atom is -0.482 e. The van der Waals surface area contributed by atoms with E-state index in [0.29, 0.717) is 11.4 Å². The molecule has 0 aromatic heterocycles. The average Bonchev–Trinajstić information content (AvgIpc) is 2.56. The standard InChI is InChI=1S/C17H15F2NO4/c1-2-23-16(21)10-24-13-5-3-4-12(9-13)20-17(22)14-8-11(18)6-7-15(14)19/h3-9H,2,10H2,1H3,(H,20,22). The lowest BCUT2D eigenvalue weighted by atomic mass is 10.2. The monoisotopic (exact) mass is 335 g/mol. The number of rotatable bonds is 6. The van der Waals surface area contributed by atoms with E-state index in [-0.39, 0.29) is 13.2 Å². The fraction of sp³-hybridized carbons (Fsp3) is 0.176. The minimum absolute atomic E-state index is 0.248. The summed E-state index contributed by atoms with van der Waals surface area (Å²) in [6.45, 7) is 1.65. The molecule has 0 bridgehead atoms. The van der Waals surface area contributed by atoms with Crippen LogP contribution in [0.2, 0.25) is 0 Å². The van der Waals surface area contributed by atoms with Crippen LogP contribution in [0.4, 0.5) is 14.5 Å². The number of hydrogen-bond donors (Lipinski definition) is 1. The van der Waals surface area contributed by atoms with Gasteiger partial charge in [-0.05, 0) is 37.3 Å². The predicted octanol–water partition coefficient (Wildman–Crippen LogP) is 3.16. The van der Waals surface area contributed by atoms with Crippen molar-refractivity contribution in [2.45, 2.75) is 6.92 Å². The molecule has 1 amide bonds. The van der Waals surface area contributed by atoms with Gasteiger partial charge in [0.05, 0.1) is 12.2 Å². The fourth-order valence-electron chi connectivity index (χ4n) is 1.88. The van der Waals surface area contributed by atoms with Gasteiger partial charge in [0.2, 0.25) is 0 Å². The van der Waals surface area contributed by atoms with E-state index in [1.807, 2.05) is 0 Å². The molecule has 5 nitrogen and oxygen atoms in total. The van der Waals surface area contributed by atoms with Gasteiger partial charge in [0, 0.05) is 11.8 Å². The van der Waals surface area contributed by atoms with E-state index in [1.165, 1.54) is 6.07 Å². The topological polar surface area (TPSA) is 64.6 Å². The number of benzene rings is 2. The van der Waals surface area contributed by atoms with Crippen molar-refractivity contribution >= 4 is 17.6 Å². The second-order valence-corrected chi connectivity index (χ2v) is 4.70. The van der Waals surface area contributed by atoms with Gasteiger partial charge >= 0.3 is 5.97 Å². The molecule has 0 aliphatic carbocycles. The third-order valence-electron chi connectivity index (χ3n) is 2.93. The SMILES string of the molecule is CCOC(=O)COc1cccc(NC(=O)c2cc(F)ccc2F)c1. The Kier molecular flexibility index (Phi) is 5.83. The first-order valence-electron chi connectivity index (χ1n) is 7.14. The first kappa shape index (κ1) is 17.4. The molecule has 2 aromatic carbocycles. The molecule has 2 aromatic rings. The lowest BCUT2D eigenvalue weighted by molar-refractivity contribution is -0.145. The molecule has 1 N–H and O–H groups in total. The lowest BCUT2D eigenvalue weighted by Crippen LogP contribution is -2.15. The van der Waals surface area contributed by atoms with Crippen LogP contribution in [0.15, 0.2) is 42.5 Å². The first-order valence-corrected chi connectivity index (χ1v) is 7.14. The molecule has 0 atom stereocenters. The molecule has 7 heteroatoms. The first-order chi connectivity index (χ1) is 11.5. The van der Waals surface area contributed by atoms with Crippen molar-refractivity contribution < 1.29 is 27.8 Å². The molecule has 2 rings (SSSR count). The second kappa shape index (κ2) is 8.05. The Hall–Kier alpha value is -2.96. The second-order valence-electron chi connectivity index (χ2n) is 4.70. The Morgan fingerprint density at radius 1 is 1.12 bits per heavy atom. The number of carbonyl (C=O) groups excluding carboxylic acids is 2. The zero-order chi connectivity index (χ0) is 17.5. The molecule has 0 saturated heterocycles. The molecule has 0 radical (unpaired) electrons. The van der Waals surface area contributed by atoms with Crippen molar-refractivity contribution in [1.82, 2.24) is 0 Å². The van der Waals surface area contributed by atoms with E-state index < -0.39 is 29.1 Å². The third kappa shape index (κ3) is 4.77. The van der Waals surface area contributed by atoms with E-state index in [0.717, 1.165) is 18.2 Å². The third-order valence-corrected chi connectivity index (χ3v) is 2.93. The number of anilines is 1. The van der Waals surface area contributed by atoms with Gasteiger partial charge in [0.15, 0.2) is 6.61 Å². The van der Waals surface area contributed by atoms with Crippen molar-refractivity contribution in [1.29, 1.82) is 0 Å². The number of carbonyl (C=O) groups is 2. The van der Waals surface area contributed by atoms with E-state index >= 15 is 0 Å². The Labute approximate surface area is 137 Å². The summed E-state index contributed by atoms with van der Waals surface area (Å²) in [7, 11) is 0. The maximum Gasteiger partial charge on any atom is 0.344 e. The summed E-state index contributed by atoms with van der Waals surface area (Å²) >= 11 is 0. The Balaban J connectivity index is 2.05. The summed E-state index contributed by atoms with van der Waals surface area (Å²) in [4.78, 5) is 23.3. The van der Waals surface area contributed by atoms with Crippen LogP contribution in [0.5, 0.6) is 5.75 Å². The molecule has 0 saturated carbocycles. The van der Waals surface area contributed by atoms with Crippen LogP contribution in [-0.2, 0) is 9.53 Å². The van der Waals surface area contributed by atoms with Crippen LogP contribution in [-0.4, -0.2) is 25.1 Å². The summed E-state index contributed by atoms with van der Waals surface area (Å²) in [5.41, 5.74) is -0.0992. The number of ether oxygens (including phenoxy) is 2. The van der Waals surface area contributed by atoms with Gasteiger partial charge in [-0.25, -0.2) is 13.6 Å². The van der Waals surface area contributed by atoms with E-state index in [1.54, 1.807) is 25.1 Å². The largest absolute Gasteiger partial charge is 0.482 e. The summed E-state index contributed by atoms with van der Waals surface area (Å²) in [5, 5.41) is 2.44. The smallest absolute Gasteiger partial charge is 0.344 e. The van der Waals surface area contributed by atoms with E-state index in [2.05, 4.69) is 5.32 Å².